The van der Waals surface area contributed by atoms with Crippen molar-refractivity contribution in [2.75, 3.05) is 19.7 Å². The molecule has 174 valence electrons. The van der Waals surface area contributed by atoms with Crippen LogP contribution in [-0.4, -0.2) is 64.7 Å². The van der Waals surface area contributed by atoms with Gasteiger partial charge in [0.25, 0.3) is 0 Å². The number of hydrogen-bond acceptors (Lipinski definition) is 3. The van der Waals surface area contributed by atoms with Crippen LogP contribution in [0.25, 0.3) is 11.1 Å². The van der Waals surface area contributed by atoms with Crippen molar-refractivity contribution in [1.82, 2.24) is 15.1 Å². The fraction of sp³-hybridized carbons (Fsp3) is 0.462. The number of carbonyl (C=O) groups is 2. The van der Waals surface area contributed by atoms with Crippen LogP contribution in [0.3, 0.4) is 0 Å². The summed E-state index contributed by atoms with van der Waals surface area (Å²) in [6.45, 7) is 0.390. The van der Waals surface area contributed by atoms with Gasteiger partial charge in [0.05, 0.1) is 18.7 Å². The van der Waals surface area contributed by atoms with Crippen LogP contribution in [0.2, 0.25) is 0 Å². The number of amides is 3. The highest BCUT2D eigenvalue weighted by molar-refractivity contribution is 5.87. The quantitative estimate of drug-likeness (QED) is 0.747. The van der Waals surface area contributed by atoms with E-state index in [1.807, 2.05) is 30.3 Å². The van der Waals surface area contributed by atoms with Crippen molar-refractivity contribution in [2.45, 2.75) is 56.1 Å². The summed E-state index contributed by atoms with van der Waals surface area (Å²) in [5.41, 5.74) is 2.72. The SMILES string of the molecule is O=C(NC1CCCCC1)N1CC(=O)N2[C@@H](CO)[C@H](c3ccc(-c4cccc(F)c4)cc3)[C@@H]2C1. The van der Waals surface area contributed by atoms with Gasteiger partial charge in [0.2, 0.25) is 5.91 Å². The number of piperazine rings is 1. The summed E-state index contributed by atoms with van der Waals surface area (Å²) in [6.07, 6.45) is 5.47. The third-order valence-electron chi connectivity index (χ3n) is 7.43. The molecule has 3 fully saturated rings. The van der Waals surface area contributed by atoms with Gasteiger partial charge in [-0.25, -0.2) is 9.18 Å². The summed E-state index contributed by atoms with van der Waals surface area (Å²) in [5, 5.41) is 13.1. The number of aliphatic hydroxyl groups excluding tert-OH is 1. The van der Waals surface area contributed by atoms with E-state index in [1.54, 1.807) is 15.9 Å². The summed E-state index contributed by atoms with van der Waals surface area (Å²) < 4.78 is 13.6. The lowest BCUT2D eigenvalue weighted by Crippen LogP contribution is -2.74. The number of benzene rings is 2. The summed E-state index contributed by atoms with van der Waals surface area (Å²) in [5.74, 6) is -0.443. The van der Waals surface area contributed by atoms with Gasteiger partial charge in [-0.1, -0.05) is 55.7 Å². The van der Waals surface area contributed by atoms with Crippen LogP contribution >= 0.6 is 0 Å². The van der Waals surface area contributed by atoms with Crippen molar-refractivity contribution >= 4 is 11.9 Å². The smallest absolute Gasteiger partial charge is 0.318 e. The number of fused-ring (bicyclic) bond motifs is 1. The third kappa shape index (κ3) is 4.22. The first-order valence-electron chi connectivity index (χ1n) is 11.9. The minimum absolute atomic E-state index is 0.0502. The molecule has 6 nitrogen and oxygen atoms in total. The number of aliphatic hydroxyl groups is 1. The number of nitrogens with zero attached hydrogens (tertiary/aromatic N) is 2. The van der Waals surface area contributed by atoms with Gasteiger partial charge in [-0.05, 0) is 41.7 Å². The zero-order valence-electron chi connectivity index (χ0n) is 18.6. The summed E-state index contributed by atoms with van der Waals surface area (Å²) in [6, 6.07) is 13.9. The molecule has 7 heteroatoms. The topological polar surface area (TPSA) is 72.9 Å². The van der Waals surface area contributed by atoms with Crippen molar-refractivity contribution in [3.05, 3.63) is 59.9 Å². The molecule has 0 unspecified atom stereocenters. The molecule has 33 heavy (non-hydrogen) atoms. The first-order chi connectivity index (χ1) is 16.0. The van der Waals surface area contributed by atoms with Crippen molar-refractivity contribution < 1.29 is 19.1 Å². The van der Waals surface area contributed by atoms with Gasteiger partial charge in [0.15, 0.2) is 0 Å². The van der Waals surface area contributed by atoms with Crippen LogP contribution in [-0.2, 0) is 4.79 Å². The predicted molar refractivity (Wildman–Crippen MR) is 123 cm³/mol. The van der Waals surface area contributed by atoms with Crippen molar-refractivity contribution in [2.24, 2.45) is 0 Å². The largest absolute Gasteiger partial charge is 0.394 e. The van der Waals surface area contributed by atoms with Crippen LogP contribution < -0.4 is 5.32 Å². The molecule has 0 spiro atoms. The minimum atomic E-state index is -0.286. The highest BCUT2D eigenvalue weighted by Gasteiger charge is 2.54. The fourth-order valence-electron chi connectivity index (χ4n) is 5.73. The Morgan fingerprint density at radius 2 is 1.82 bits per heavy atom. The molecule has 0 aromatic heterocycles. The van der Waals surface area contributed by atoms with Gasteiger partial charge in [-0.3, -0.25) is 4.79 Å². The van der Waals surface area contributed by atoms with Crippen LogP contribution in [0.4, 0.5) is 9.18 Å². The lowest BCUT2D eigenvalue weighted by atomic mass is 9.73. The molecule has 2 aromatic rings. The maximum Gasteiger partial charge on any atom is 0.318 e. The second-order valence-electron chi connectivity index (χ2n) is 9.44. The Kier molecular flexibility index (Phi) is 6.06. The van der Waals surface area contributed by atoms with E-state index >= 15 is 0 Å². The summed E-state index contributed by atoms with van der Waals surface area (Å²) in [4.78, 5) is 29.1. The molecule has 3 atom stereocenters. The van der Waals surface area contributed by atoms with E-state index in [-0.39, 0.29) is 55.0 Å². The Hall–Kier alpha value is -2.93. The molecule has 5 rings (SSSR count). The second-order valence-corrected chi connectivity index (χ2v) is 9.44. The Balaban J connectivity index is 1.31. The van der Waals surface area contributed by atoms with E-state index in [0.29, 0.717) is 6.54 Å². The average molecular weight is 452 g/mol. The van der Waals surface area contributed by atoms with E-state index in [2.05, 4.69) is 5.32 Å². The first kappa shape index (κ1) is 21.9. The summed E-state index contributed by atoms with van der Waals surface area (Å²) >= 11 is 0. The molecule has 2 aliphatic heterocycles. The van der Waals surface area contributed by atoms with Gasteiger partial charge in [0, 0.05) is 18.5 Å². The number of urea groups is 1. The highest BCUT2D eigenvalue weighted by atomic mass is 19.1. The highest BCUT2D eigenvalue weighted by Crippen LogP contribution is 2.43. The first-order valence-corrected chi connectivity index (χ1v) is 11.9. The van der Waals surface area contributed by atoms with Gasteiger partial charge < -0.3 is 20.2 Å². The maximum atomic E-state index is 13.6. The number of rotatable bonds is 4. The molecule has 0 radical (unpaired) electrons. The number of hydrogen-bond donors (Lipinski definition) is 2. The zero-order chi connectivity index (χ0) is 22.9. The number of nitrogens with one attached hydrogen (secondary N) is 1. The van der Waals surface area contributed by atoms with Crippen LogP contribution in [0.15, 0.2) is 48.5 Å². The van der Waals surface area contributed by atoms with Crippen molar-refractivity contribution in [3.8, 4) is 11.1 Å². The molecular formula is C26H30FN3O3. The van der Waals surface area contributed by atoms with Crippen molar-refractivity contribution in [1.29, 1.82) is 0 Å². The van der Waals surface area contributed by atoms with Gasteiger partial charge >= 0.3 is 6.03 Å². The molecule has 3 aliphatic rings. The Morgan fingerprint density at radius 1 is 1.06 bits per heavy atom. The maximum absolute atomic E-state index is 13.6. The van der Waals surface area contributed by atoms with Crippen molar-refractivity contribution in [3.63, 3.8) is 0 Å². The molecule has 2 heterocycles. The van der Waals surface area contributed by atoms with E-state index in [9.17, 15) is 19.1 Å². The molecule has 2 saturated heterocycles. The van der Waals surface area contributed by atoms with E-state index in [4.69, 9.17) is 0 Å². The van der Waals surface area contributed by atoms with Crippen LogP contribution in [0.5, 0.6) is 0 Å². The van der Waals surface area contributed by atoms with Gasteiger partial charge in [-0.15, -0.1) is 0 Å². The standard InChI is InChI=1S/C26H30FN3O3/c27-20-6-4-5-19(13-20)17-9-11-18(12-10-17)25-22-14-29(15-24(32)30(22)23(25)16-31)26(33)28-21-7-2-1-3-8-21/h4-6,9-13,21-23,25,31H,1-3,7-8,14-16H2,(H,28,33)/t22-,23-,25+/m0/s1. The molecule has 1 aliphatic carbocycles. The molecule has 1 saturated carbocycles. The average Bonchev–Trinajstić information content (AvgIpc) is 2.81. The Labute approximate surface area is 193 Å². The zero-order valence-corrected chi connectivity index (χ0v) is 18.6. The lowest BCUT2D eigenvalue weighted by Gasteiger charge is -2.58. The van der Waals surface area contributed by atoms with E-state index in [1.165, 1.54) is 18.6 Å². The predicted octanol–water partition coefficient (Wildman–Crippen LogP) is 3.51. The van der Waals surface area contributed by atoms with Gasteiger partial charge in [0.1, 0.15) is 12.4 Å². The van der Waals surface area contributed by atoms with E-state index < -0.39 is 0 Å². The fourth-order valence-corrected chi connectivity index (χ4v) is 5.73. The number of halogens is 1. The third-order valence-corrected chi connectivity index (χ3v) is 7.43. The minimum Gasteiger partial charge on any atom is -0.394 e. The van der Waals surface area contributed by atoms with Crippen LogP contribution in [0.1, 0.15) is 43.6 Å². The lowest BCUT2D eigenvalue weighted by molar-refractivity contribution is -0.159. The monoisotopic (exact) mass is 451 g/mol. The molecule has 3 amide bonds. The Bertz CT molecular complexity index is 1020. The molecule has 0 bridgehead atoms. The second kappa shape index (κ2) is 9.14. The normalized spacial score (nSPS) is 25.4. The Morgan fingerprint density at radius 3 is 2.52 bits per heavy atom. The molecular weight excluding hydrogens is 421 g/mol. The van der Waals surface area contributed by atoms with Gasteiger partial charge in [-0.2, -0.15) is 0 Å². The molecule has 2 N–H and O–H groups in total. The number of carbonyl (C=O) groups excluding carboxylic acids is 2. The molecule has 2 aromatic carbocycles. The van der Waals surface area contributed by atoms with E-state index in [0.717, 1.165) is 42.4 Å². The van der Waals surface area contributed by atoms with Crippen LogP contribution in [0, 0.1) is 5.82 Å². The summed E-state index contributed by atoms with van der Waals surface area (Å²) in [7, 11) is 0.